The molecule has 3 aromatic rings. The number of para-hydroxylation sites is 2. The molecule has 0 aliphatic heterocycles. The molecule has 0 saturated heterocycles. The van der Waals surface area contributed by atoms with Gasteiger partial charge in [-0.3, -0.25) is 0 Å². The van der Waals surface area contributed by atoms with Crippen LogP contribution in [0.15, 0.2) is 48.5 Å². The molecule has 0 radical (unpaired) electrons. The summed E-state index contributed by atoms with van der Waals surface area (Å²) >= 11 is 0. The maximum absolute atomic E-state index is 11.7. The summed E-state index contributed by atoms with van der Waals surface area (Å²) in [5, 5.41) is 19.0. The van der Waals surface area contributed by atoms with E-state index < -0.39 is 23.3 Å². The van der Waals surface area contributed by atoms with Gasteiger partial charge >= 0.3 is 11.9 Å². The Morgan fingerprint density at radius 1 is 0.828 bits per heavy atom. The minimum Gasteiger partial charge on any atom is -0.496 e. The van der Waals surface area contributed by atoms with Crippen molar-refractivity contribution in [1.29, 1.82) is 0 Å². The van der Waals surface area contributed by atoms with Gasteiger partial charge in [0.1, 0.15) is 22.9 Å². The van der Waals surface area contributed by atoms with E-state index in [2.05, 4.69) is 9.97 Å². The summed E-state index contributed by atoms with van der Waals surface area (Å²) in [7, 11) is 1.48. The van der Waals surface area contributed by atoms with Gasteiger partial charge in [-0.15, -0.1) is 0 Å². The zero-order valence-corrected chi connectivity index (χ0v) is 15.7. The van der Waals surface area contributed by atoms with E-state index >= 15 is 0 Å². The van der Waals surface area contributed by atoms with Crippen molar-refractivity contribution in [3.05, 3.63) is 59.9 Å². The van der Waals surface area contributed by atoms with Crippen LogP contribution in [0.25, 0.3) is 22.5 Å². The molecule has 0 unspecified atom stereocenters. The molecule has 29 heavy (non-hydrogen) atoms. The first-order chi connectivity index (χ1) is 14.0. The third-order valence-corrected chi connectivity index (χ3v) is 4.11. The Bertz CT molecular complexity index is 1080. The average Bonchev–Trinajstić information content (AvgIpc) is 2.73. The second-order valence-electron chi connectivity index (χ2n) is 5.86. The Hall–Kier alpha value is -3.94. The molecular formula is C21H18N2O6. The maximum Gasteiger partial charge on any atom is 0.357 e. The zero-order chi connectivity index (χ0) is 21.0. The largest absolute Gasteiger partial charge is 0.496 e. The highest BCUT2D eigenvalue weighted by Gasteiger charge is 2.26. The summed E-state index contributed by atoms with van der Waals surface area (Å²) in [6.45, 7) is 2.20. The molecule has 0 spiro atoms. The van der Waals surface area contributed by atoms with Crippen LogP contribution >= 0.6 is 0 Å². The minimum atomic E-state index is -1.49. The number of carboxylic acid groups (broad SMARTS) is 2. The summed E-state index contributed by atoms with van der Waals surface area (Å²) < 4.78 is 11.0. The van der Waals surface area contributed by atoms with Crippen LogP contribution in [0.3, 0.4) is 0 Å². The molecule has 0 fully saturated rings. The second-order valence-corrected chi connectivity index (χ2v) is 5.86. The predicted molar refractivity (Wildman–Crippen MR) is 105 cm³/mol. The average molecular weight is 394 g/mol. The van der Waals surface area contributed by atoms with Crippen LogP contribution in [0.5, 0.6) is 11.5 Å². The van der Waals surface area contributed by atoms with Crippen LogP contribution in [-0.4, -0.2) is 45.8 Å². The van der Waals surface area contributed by atoms with Crippen LogP contribution in [0, 0.1) is 0 Å². The fraction of sp³-hybridized carbons (Fsp3) is 0.143. The molecule has 1 heterocycles. The molecule has 8 heteroatoms. The number of carboxylic acids is 2. The van der Waals surface area contributed by atoms with Gasteiger partial charge in [0.2, 0.25) is 0 Å². The fourth-order valence-electron chi connectivity index (χ4n) is 2.89. The molecule has 148 valence electrons. The van der Waals surface area contributed by atoms with Crippen LogP contribution in [-0.2, 0) is 0 Å². The number of carbonyl (C=O) groups is 2. The molecule has 3 rings (SSSR count). The molecule has 0 aliphatic rings. The Kier molecular flexibility index (Phi) is 5.73. The SMILES string of the molecule is CCOc1ccccc1-c1nc(C(=O)O)c(C(=O)O)nc1-c1ccccc1OC. The van der Waals surface area contributed by atoms with Crippen LogP contribution in [0.2, 0.25) is 0 Å². The first-order valence-electron chi connectivity index (χ1n) is 8.72. The van der Waals surface area contributed by atoms with Gasteiger partial charge in [-0.25, -0.2) is 19.6 Å². The van der Waals surface area contributed by atoms with E-state index in [9.17, 15) is 19.8 Å². The summed E-state index contributed by atoms with van der Waals surface area (Å²) in [6.07, 6.45) is 0. The van der Waals surface area contributed by atoms with E-state index in [4.69, 9.17) is 9.47 Å². The lowest BCUT2D eigenvalue weighted by Gasteiger charge is -2.16. The Balaban J connectivity index is 2.42. The predicted octanol–water partition coefficient (Wildman–Crippen LogP) is 3.61. The Morgan fingerprint density at radius 3 is 1.72 bits per heavy atom. The van der Waals surface area contributed by atoms with Gasteiger partial charge in [0.05, 0.1) is 13.7 Å². The summed E-state index contributed by atoms with van der Waals surface area (Å²) in [6, 6.07) is 13.8. The number of aromatic nitrogens is 2. The van der Waals surface area contributed by atoms with E-state index in [0.29, 0.717) is 29.2 Å². The Labute approximate surface area is 166 Å². The molecule has 0 atom stereocenters. The third-order valence-electron chi connectivity index (χ3n) is 4.11. The van der Waals surface area contributed by atoms with Gasteiger partial charge in [-0.2, -0.15) is 0 Å². The number of aromatic carboxylic acids is 2. The number of ether oxygens (including phenoxy) is 2. The standard InChI is InChI=1S/C21H18N2O6/c1-3-29-15-11-7-5-9-13(15)17-16(12-8-4-6-10-14(12)28-2)22-18(20(24)25)19(23-17)21(26)27/h4-11H,3H2,1-2H3,(H,24,25)(H,26,27). The minimum absolute atomic E-state index is 0.178. The number of rotatable bonds is 7. The first kappa shape index (κ1) is 19.8. The summed E-state index contributed by atoms with van der Waals surface area (Å²) in [4.78, 5) is 31.7. The molecule has 0 saturated carbocycles. The molecule has 0 bridgehead atoms. The molecule has 1 aromatic heterocycles. The lowest BCUT2D eigenvalue weighted by atomic mass is 10.0. The zero-order valence-electron chi connectivity index (χ0n) is 15.7. The molecule has 8 nitrogen and oxygen atoms in total. The van der Waals surface area contributed by atoms with Gasteiger partial charge in [-0.05, 0) is 31.2 Å². The lowest BCUT2D eigenvalue weighted by Crippen LogP contribution is -2.15. The van der Waals surface area contributed by atoms with Crippen molar-refractivity contribution < 1.29 is 29.3 Å². The van der Waals surface area contributed by atoms with Crippen LogP contribution in [0.4, 0.5) is 0 Å². The van der Waals surface area contributed by atoms with Crippen molar-refractivity contribution in [2.24, 2.45) is 0 Å². The number of hydrogen-bond acceptors (Lipinski definition) is 6. The van der Waals surface area contributed by atoms with Crippen molar-refractivity contribution in [3.8, 4) is 34.0 Å². The summed E-state index contributed by atoms with van der Waals surface area (Å²) in [5.41, 5.74) is 0.0110. The van der Waals surface area contributed by atoms with Crippen LogP contribution < -0.4 is 9.47 Å². The molecule has 2 N–H and O–H groups in total. The van der Waals surface area contributed by atoms with E-state index in [0.717, 1.165) is 0 Å². The van der Waals surface area contributed by atoms with Gasteiger partial charge in [0.25, 0.3) is 0 Å². The molecule has 0 aliphatic carbocycles. The monoisotopic (exact) mass is 394 g/mol. The van der Waals surface area contributed by atoms with Crippen molar-refractivity contribution in [3.63, 3.8) is 0 Å². The van der Waals surface area contributed by atoms with E-state index in [1.54, 1.807) is 48.5 Å². The highest BCUT2D eigenvalue weighted by molar-refractivity contribution is 6.00. The highest BCUT2D eigenvalue weighted by Crippen LogP contribution is 2.38. The number of nitrogens with zero attached hydrogens (tertiary/aromatic N) is 2. The number of benzene rings is 2. The smallest absolute Gasteiger partial charge is 0.357 e. The first-order valence-corrected chi connectivity index (χ1v) is 8.72. The fourth-order valence-corrected chi connectivity index (χ4v) is 2.89. The van der Waals surface area contributed by atoms with Crippen molar-refractivity contribution in [2.45, 2.75) is 6.92 Å². The third kappa shape index (κ3) is 3.86. The van der Waals surface area contributed by atoms with Gasteiger partial charge in [-0.1, -0.05) is 24.3 Å². The number of hydrogen-bond donors (Lipinski definition) is 2. The Morgan fingerprint density at radius 2 is 1.28 bits per heavy atom. The molecule has 0 amide bonds. The van der Waals surface area contributed by atoms with Crippen molar-refractivity contribution >= 4 is 11.9 Å². The lowest BCUT2D eigenvalue weighted by molar-refractivity contribution is 0.0641. The van der Waals surface area contributed by atoms with E-state index in [1.165, 1.54) is 7.11 Å². The van der Waals surface area contributed by atoms with Crippen molar-refractivity contribution in [2.75, 3.05) is 13.7 Å². The highest BCUT2D eigenvalue weighted by atomic mass is 16.5. The second kappa shape index (κ2) is 8.39. The summed E-state index contributed by atoms with van der Waals surface area (Å²) in [5.74, 6) is -2.07. The number of methoxy groups -OCH3 is 1. The van der Waals surface area contributed by atoms with Crippen molar-refractivity contribution in [1.82, 2.24) is 9.97 Å². The normalized spacial score (nSPS) is 10.4. The van der Waals surface area contributed by atoms with Crippen LogP contribution in [0.1, 0.15) is 27.9 Å². The quantitative estimate of drug-likeness (QED) is 0.624. The van der Waals surface area contributed by atoms with Gasteiger partial charge in [0, 0.05) is 11.1 Å². The topological polar surface area (TPSA) is 119 Å². The van der Waals surface area contributed by atoms with E-state index in [-0.39, 0.29) is 11.4 Å². The van der Waals surface area contributed by atoms with Gasteiger partial charge in [0.15, 0.2) is 11.4 Å². The molecule has 2 aromatic carbocycles. The molecular weight excluding hydrogens is 376 g/mol. The maximum atomic E-state index is 11.7. The van der Waals surface area contributed by atoms with Gasteiger partial charge < -0.3 is 19.7 Å². The van der Waals surface area contributed by atoms with E-state index in [1.807, 2.05) is 6.92 Å².